The molecule has 104 valence electrons. The number of methoxy groups -OCH3 is 1. The van der Waals surface area contributed by atoms with Gasteiger partial charge in [0.15, 0.2) is 0 Å². The first-order valence-corrected chi connectivity index (χ1v) is 6.22. The first kappa shape index (κ1) is 15.4. The normalized spacial score (nSPS) is 12.6. The van der Waals surface area contributed by atoms with E-state index in [4.69, 9.17) is 4.74 Å². The molecule has 1 amide bonds. The van der Waals surface area contributed by atoms with Gasteiger partial charge in [0.05, 0.1) is 12.7 Å². The molecule has 4 nitrogen and oxygen atoms in total. The van der Waals surface area contributed by atoms with Crippen LogP contribution in [0, 0.1) is 13.8 Å². The fourth-order valence-electron chi connectivity index (χ4n) is 1.81. The third-order valence-corrected chi connectivity index (χ3v) is 2.54. The molecule has 2 N–H and O–H groups in total. The van der Waals surface area contributed by atoms with Crippen LogP contribution in [0.1, 0.15) is 16.7 Å². The van der Waals surface area contributed by atoms with Gasteiger partial charge >= 0.3 is 0 Å². The van der Waals surface area contributed by atoms with E-state index in [9.17, 15) is 9.90 Å². The summed E-state index contributed by atoms with van der Waals surface area (Å²) < 4.78 is 4.77. The molecule has 0 aliphatic heterocycles. The Kier molecular flexibility index (Phi) is 6.25. The first-order valence-electron chi connectivity index (χ1n) is 6.22. The lowest BCUT2D eigenvalue weighted by atomic mass is 10.1. The third-order valence-electron chi connectivity index (χ3n) is 2.54. The summed E-state index contributed by atoms with van der Waals surface area (Å²) in [6.07, 6.45) is 2.55. The van der Waals surface area contributed by atoms with Crippen molar-refractivity contribution in [3.8, 4) is 0 Å². The Bertz CT molecular complexity index is 434. The zero-order valence-corrected chi connectivity index (χ0v) is 11.6. The van der Waals surface area contributed by atoms with Gasteiger partial charge in [0.25, 0.3) is 0 Å². The van der Waals surface area contributed by atoms with Gasteiger partial charge < -0.3 is 15.2 Å². The van der Waals surface area contributed by atoms with Crippen molar-refractivity contribution in [3.05, 3.63) is 41.0 Å². The van der Waals surface area contributed by atoms with Gasteiger partial charge in [-0.15, -0.1) is 0 Å². The second kappa shape index (κ2) is 7.71. The number of hydrogen-bond acceptors (Lipinski definition) is 3. The lowest BCUT2D eigenvalue weighted by Crippen LogP contribution is -2.33. The summed E-state index contributed by atoms with van der Waals surface area (Å²) in [4.78, 5) is 11.5. The van der Waals surface area contributed by atoms with Crippen LogP contribution in [0.2, 0.25) is 0 Å². The standard InChI is InChI=1S/C15H21NO3/c1-11-6-12(2)8-13(7-11)4-5-15(18)16-9-14(17)10-19-3/h4-8,14,17H,9-10H2,1-3H3,(H,16,18)/b5-4+. The minimum Gasteiger partial charge on any atom is -0.389 e. The average molecular weight is 263 g/mol. The molecule has 1 atom stereocenters. The van der Waals surface area contributed by atoms with E-state index in [1.807, 2.05) is 26.0 Å². The van der Waals surface area contributed by atoms with E-state index in [2.05, 4.69) is 11.4 Å². The summed E-state index contributed by atoms with van der Waals surface area (Å²) in [5.41, 5.74) is 3.32. The predicted molar refractivity (Wildman–Crippen MR) is 75.8 cm³/mol. The molecule has 1 unspecified atom stereocenters. The molecule has 0 heterocycles. The van der Waals surface area contributed by atoms with Crippen molar-refractivity contribution in [2.75, 3.05) is 20.3 Å². The molecule has 0 aliphatic rings. The van der Waals surface area contributed by atoms with Crippen LogP contribution < -0.4 is 5.32 Å². The Hall–Kier alpha value is -1.65. The average Bonchev–Trinajstić information content (AvgIpc) is 2.33. The summed E-state index contributed by atoms with van der Waals surface area (Å²) in [5, 5.41) is 12.0. The largest absolute Gasteiger partial charge is 0.389 e. The van der Waals surface area contributed by atoms with Crippen LogP contribution >= 0.6 is 0 Å². The molecule has 0 aromatic heterocycles. The van der Waals surface area contributed by atoms with Gasteiger partial charge in [-0.2, -0.15) is 0 Å². The number of carbonyl (C=O) groups excluding carboxylic acids is 1. The Morgan fingerprint density at radius 3 is 2.58 bits per heavy atom. The summed E-state index contributed by atoms with van der Waals surface area (Å²) in [5.74, 6) is -0.227. The number of aryl methyl sites for hydroxylation is 2. The molecule has 19 heavy (non-hydrogen) atoms. The van der Waals surface area contributed by atoms with Crippen LogP contribution in [0.15, 0.2) is 24.3 Å². The van der Waals surface area contributed by atoms with Gasteiger partial charge in [0, 0.05) is 19.7 Å². The van der Waals surface area contributed by atoms with Crippen LogP contribution in [0.25, 0.3) is 6.08 Å². The maximum atomic E-state index is 11.5. The highest BCUT2D eigenvalue weighted by Crippen LogP contribution is 2.10. The number of hydrogen-bond donors (Lipinski definition) is 2. The topological polar surface area (TPSA) is 58.6 Å². The Labute approximate surface area is 114 Å². The summed E-state index contributed by atoms with van der Waals surface area (Å²) >= 11 is 0. The van der Waals surface area contributed by atoms with Crippen molar-refractivity contribution >= 4 is 12.0 Å². The molecule has 0 fully saturated rings. The first-order chi connectivity index (χ1) is 9.01. The molecule has 1 aromatic carbocycles. The monoisotopic (exact) mass is 263 g/mol. The number of benzene rings is 1. The summed E-state index contributed by atoms with van der Waals surface area (Å²) in [6, 6.07) is 6.10. The van der Waals surface area contributed by atoms with Crippen LogP contribution in [0.5, 0.6) is 0 Å². The number of ether oxygens (including phenoxy) is 1. The van der Waals surface area contributed by atoms with Crippen molar-refractivity contribution in [2.24, 2.45) is 0 Å². The number of amides is 1. The molecule has 1 rings (SSSR count). The van der Waals surface area contributed by atoms with Crippen LogP contribution in [0.3, 0.4) is 0 Å². The number of rotatable bonds is 6. The Balaban J connectivity index is 2.49. The highest BCUT2D eigenvalue weighted by atomic mass is 16.5. The number of aliphatic hydroxyl groups is 1. The van der Waals surface area contributed by atoms with Crippen LogP contribution in [-0.4, -0.2) is 37.4 Å². The van der Waals surface area contributed by atoms with Crippen LogP contribution in [-0.2, 0) is 9.53 Å². The fraction of sp³-hybridized carbons (Fsp3) is 0.400. The van der Waals surface area contributed by atoms with Gasteiger partial charge in [-0.1, -0.05) is 29.3 Å². The third kappa shape index (κ3) is 6.18. The number of nitrogens with one attached hydrogen (secondary N) is 1. The number of carbonyl (C=O) groups is 1. The van der Waals surface area contributed by atoms with E-state index in [0.717, 1.165) is 16.7 Å². The van der Waals surface area contributed by atoms with E-state index in [-0.39, 0.29) is 19.1 Å². The fourth-order valence-corrected chi connectivity index (χ4v) is 1.81. The van der Waals surface area contributed by atoms with Gasteiger partial charge in [0.1, 0.15) is 0 Å². The van der Waals surface area contributed by atoms with Gasteiger partial charge in [-0.25, -0.2) is 0 Å². The summed E-state index contributed by atoms with van der Waals surface area (Å²) in [7, 11) is 1.50. The van der Waals surface area contributed by atoms with Crippen LogP contribution in [0.4, 0.5) is 0 Å². The van der Waals surface area contributed by atoms with E-state index in [1.54, 1.807) is 6.08 Å². The smallest absolute Gasteiger partial charge is 0.244 e. The maximum Gasteiger partial charge on any atom is 0.244 e. The second-order valence-corrected chi connectivity index (χ2v) is 4.61. The van der Waals surface area contributed by atoms with Crippen molar-refractivity contribution < 1.29 is 14.6 Å². The molecule has 0 spiro atoms. The zero-order chi connectivity index (χ0) is 14.3. The van der Waals surface area contributed by atoms with Crippen molar-refractivity contribution in [2.45, 2.75) is 20.0 Å². The van der Waals surface area contributed by atoms with Gasteiger partial charge in [-0.05, 0) is 25.5 Å². The summed E-state index contributed by atoms with van der Waals surface area (Å²) in [6.45, 7) is 4.43. The van der Waals surface area contributed by atoms with Crippen molar-refractivity contribution in [3.63, 3.8) is 0 Å². The quantitative estimate of drug-likeness (QED) is 0.764. The Morgan fingerprint density at radius 2 is 2.00 bits per heavy atom. The van der Waals surface area contributed by atoms with E-state index >= 15 is 0 Å². The maximum absolute atomic E-state index is 11.5. The molecule has 0 saturated heterocycles. The highest BCUT2D eigenvalue weighted by Gasteiger charge is 2.04. The lowest BCUT2D eigenvalue weighted by Gasteiger charge is -2.09. The van der Waals surface area contributed by atoms with Gasteiger partial charge in [0.2, 0.25) is 5.91 Å². The molecule has 0 aliphatic carbocycles. The minimum absolute atomic E-state index is 0.184. The van der Waals surface area contributed by atoms with E-state index in [0.29, 0.717) is 0 Å². The molecule has 0 saturated carbocycles. The molecule has 0 radical (unpaired) electrons. The predicted octanol–water partition coefficient (Wildman–Crippen LogP) is 1.44. The van der Waals surface area contributed by atoms with Crippen molar-refractivity contribution in [1.29, 1.82) is 0 Å². The molecule has 0 bridgehead atoms. The Morgan fingerprint density at radius 1 is 1.37 bits per heavy atom. The lowest BCUT2D eigenvalue weighted by molar-refractivity contribution is -0.117. The number of aliphatic hydroxyl groups excluding tert-OH is 1. The van der Waals surface area contributed by atoms with E-state index < -0.39 is 6.10 Å². The second-order valence-electron chi connectivity index (χ2n) is 4.61. The van der Waals surface area contributed by atoms with E-state index in [1.165, 1.54) is 13.2 Å². The minimum atomic E-state index is -0.677. The highest BCUT2D eigenvalue weighted by molar-refractivity contribution is 5.91. The molecular formula is C15H21NO3. The SMILES string of the molecule is COCC(O)CNC(=O)/C=C/c1cc(C)cc(C)c1. The zero-order valence-electron chi connectivity index (χ0n) is 11.6. The molecular weight excluding hydrogens is 242 g/mol. The van der Waals surface area contributed by atoms with Gasteiger partial charge in [-0.3, -0.25) is 4.79 Å². The van der Waals surface area contributed by atoms with Crippen molar-refractivity contribution in [1.82, 2.24) is 5.32 Å². The molecule has 4 heteroatoms. The molecule has 1 aromatic rings.